The molecule has 0 amide bonds. The number of ether oxygens (including phenoxy) is 5. The second-order valence-corrected chi connectivity index (χ2v) is 5.13. The van der Waals surface area contributed by atoms with Gasteiger partial charge < -0.3 is 28.8 Å². The highest BCUT2D eigenvalue weighted by Crippen LogP contribution is 2.05. The third-order valence-corrected chi connectivity index (χ3v) is 2.11. The quantitative estimate of drug-likeness (QED) is 0.479. The van der Waals surface area contributed by atoms with E-state index in [0.29, 0.717) is 59.5 Å². The predicted octanol–water partition coefficient (Wildman–Crippen LogP) is 0.860. The molecular formula is C14H30O6. The van der Waals surface area contributed by atoms with Crippen LogP contribution in [0, 0.1) is 0 Å². The average Bonchev–Trinajstić information content (AvgIpc) is 2.38. The summed E-state index contributed by atoms with van der Waals surface area (Å²) in [5.41, 5.74) is -0.113. The molecule has 0 aromatic carbocycles. The Hall–Kier alpha value is -0.240. The number of hydrogen-bond acceptors (Lipinski definition) is 6. The first kappa shape index (κ1) is 19.8. The van der Waals surface area contributed by atoms with Gasteiger partial charge in [-0.3, -0.25) is 0 Å². The molecule has 0 aliphatic rings. The minimum atomic E-state index is -0.113. The van der Waals surface area contributed by atoms with Crippen LogP contribution in [0.5, 0.6) is 0 Å². The van der Waals surface area contributed by atoms with Crippen molar-refractivity contribution in [1.29, 1.82) is 0 Å². The Kier molecular flexibility index (Phi) is 13.6. The van der Waals surface area contributed by atoms with Gasteiger partial charge in [0.25, 0.3) is 0 Å². The molecule has 0 heterocycles. The molecule has 0 aliphatic heterocycles. The molecule has 0 radical (unpaired) electrons. The maximum atomic E-state index is 8.48. The number of aliphatic hydroxyl groups excluding tert-OH is 1. The molecule has 0 aromatic rings. The molecule has 6 heteroatoms. The third kappa shape index (κ3) is 17.8. The van der Waals surface area contributed by atoms with E-state index in [4.69, 9.17) is 28.8 Å². The van der Waals surface area contributed by atoms with Crippen LogP contribution in [0.4, 0.5) is 0 Å². The molecular weight excluding hydrogens is 264 g/mol. The summed E-state index contributed by atoms with van der Waals surface area (Å²) in [4.78, 5) is 0. The van der Waals surface area contributed by atoms with Crippen molar-refractivity contribution in [3.05, 3.63) is 0 Å². The molecule has 0 rings (SSSR count). The van der Waals surface area contributed by atoms with Crippen LogP contribution in [0.3, 0.4) is 0 Å². The van der Waals surface area contributed by atoms with Crippen molar-refractivity contribution in [3.63, 3.8) is 0 Å². The molecule has 0 saturated carbocycles. The van der Waals surface area contributed by atoms with Crippen LogP contribution >= 0.6 is 0 Å². The first-order valence-electron chi connectivity index (χ1n) is 7.12. The Bertz CT molecular complexity index is 193. The van der Waals surface area contributed by atoms with Crippen molar-refractivity contribution in [2.75, 3.05) is 66.1 Å². The minimum Gasteiger partial charge on any atom is -0.394 e. The van der Waals surface area contributed by atoms with Crippen LogP contribution in [-0.2, 0) is 23.7 Å². The summed E-state index contributed by atoms with van der Waals surface area (Å²) in [5, 5.41) is 8.48. The van der Waals surface area contributed by atoms with Crippen LogP contribution in [-0.4, -0.2) is 76.8 Å². The zero-order valence-electron chi connectivity index (χ0n) is 13.1. The lowest BCUT2D eigenvalue weighted by Gasteiger charge is -2.19. The Morgan fingerprint density at radius 3 is 1.30 bits per heavy atom. The Balaban J connectivity index is 2.99. The van der Waals surface area contributed by atoms with Crippen LogP contribution in [0.25, 0.3) is 0 Å². The lowest BCUT2D eigenvalue weighted by Crippen LogP contribution is -2.22. The van der Waals surface area contributed by atoms with Gasteiger partial charge in [0.05, 0.1) is 71.7 Å². The minimum absolute atomic E-state index is 0.0455. The van der Waals surface area contributed by atoms with E-state index in [-0.39, 0.29) is 12.2 Å². The molecule has 6 nitrogen and oxygen atoms in total. The van der Waals surface area contributed by atoms with E-state index in [0.717, 1.165) is 0 Å². The van der Waals surface area contributed by atoms with Gasteiger partial charge in [0.2, 0.25) is 0 Å². The molecule has 0 aliphatic carbocycles. The van der Waals surface area contributed by atoms with E-state index >= 15 is 0 Å². The molecule has 0 spiro atoms. The smallest absolute Gasteiger partial charge is 0.0707 e. The summed E-state index contributed by atoms with van der Waals surface area (Å²) in [6.07, 6.45) is 0. The molecule has 0 fully saturated rings. The number of rotatable bonds is 14. The van der Waals surface area contributed by atoms with Crippen LogP contribution in [0.15, 0.2) is 0 Å². The van der Waals surface area contributed by atoms with Crippen molar-refractivity contribution in [1.82, 2.24) is 0 Å². The first-order valence-corrected chi connectivity index (χ1v) is 7.12. The van der Waals surface area contributed by atoms with Crippen molar-refractivity contribution < 1.29 is 28.8 Å². The van der Waals surface area contributed by atoms with Gasteiger partial charge >= 0.3 is 0 Å². The fourth-order valence-corrected chi connectivity index (χ4v) is 1.23. The third-order valence-electron chi connectivity index (χ3n) is 2.11. The highest BCUT2D eigenvalue weighted by molar-refractivity contribution is 4.57. The maximum absolute atomic E-state index is 8.48. The Morgan fingerprint density at radius 1 is 0.600 bits per heavy atom. The summed E-state index contributed by atoms with van der Waals surface area (Å²) >= 11 is 0. The van der Waals surface area contributed by atoms with Gasteiger partial charge in [-0.2, -0.15) is 0 Å². The highest BCUT2D eigenvalue weighted by Gasteiger charge is 2.08. The van der Waals surface area contributed by atoms with Gasteiger partial charge in [0.1, 0.15) is 0 Å². The monoisotopic (exact) mass is 294 g/mol. The van der Waals surface area contributed by atoms with E-state index in [9.17, 15) is 0 Å². The Morgan fingerprint density at radius 2 is 0.950 bits per heavy atom. The van der Waals surface area contributed by atoms with Gasteiger partial charge in [-0.1, -0.05) is 0 Å². The number of hydrogen-bond donors (Lipinski definition) is 1. The van der Waals surface area contributed by atoms with Gasteiger partial charge in [0.15, 0.2) is 0 Å². The summed E-state index contributed by atoms with van der Waals surface area (Å²) in [5.74, 6) is 0. The molecule has 20 heavy (non-hydrogen) atoms. The van der Waals surface area contributed by atoms with Crippen molar-refractivity contribution in [2.45, 2.75) is 26.4 Å². The van der Waals surface area contributed by atoms with Crippen molar-refractivity contribution >= 4 is 0 Å². The van der Waals surface area contributed by atoms with Crippen LogP contribution < -0.4 is 0 Å². The lowest BCUT2D eigenvalue weighted by atomic mass is 10.2. The largest absolute Gasteiger partial charge is 0.394 e. The summed E-state index contributed by atoms with van der Waals surface area (Å²) in [7, 11) is 0. The van der Waals surface area contributed by atoms with Gasteiger partial charge in [-0.15, -0.1) is 0 Å². The molecule has 1 N–H and O–H groups in total. The SMILES string of the molecule is CC(C)(C)OCCOCCOCCOCCOCCO. The van der Waals surface area contributed by atoms with Crippen molar-refractivity contribution in [2.24, 2.45) is 0 Å². The second kappa shape index (κ2) is 13.7. The molecule has 0 unspecified atom stereocenters. The lowest BCUT2D eigenvalue weighted by molar-refractivity contribution is -0.0461. The van der Waals surface area contributed by atoms with E-state index in [1.54, 1.807) is 0 Å². The van der Waals surface area contributed by atoms with Crippen molar-refractivity contribution in [3.8, 4) is 0 Å². The van der Waals surface area contributed by atoms with Crippen LogP contribution in [0.1, 0.15) is 20.8 Å². The molecule has 0 bridgehead atoms. The summed E-state index contributed by atoms with van der Waals surface area (Å²) < 4.78 is 26.5. The van der Waals surface area contributed by atoms with E-state index < -0.39 is 0 Å². The zero-order valence-corrected chi connectivity index (χ0v) is 13.1. The zero-order chi connectivity index (χ0) is 15.1. The molecule has 122 valence electrons. The van der Waals surface area contributed by atoms with E-state index in [1.165, 1.54) is 0 Å². The topological polar surface area (TPSA) is 66.4 Å². The predicted molar refractivity (Wildman–Crippen MR) is 76.1 cm³/mol. The number of aliphatic hydroxyl groups is 1. The Labute approximate surface area is 122 Å². The second-order valence-electron chi connectivity index (χ2n) is 5.13. The standard InChI is InChI=1S/C14H30O6/c1-14(2,3)20-13-12-19-11-10-18-9-8-17-7-6-16-5-4-15/h15H,4-13H2,1-3H3. The maximum Gasteiger partial charge on any atom is 0.0707 e. The fourth-order valence-electron chi connectivity index (χ4n) is 1.23. The average molecular weight is 294 g/mol. The summed E-state index contributed by atoms with van der Waals surface area (Å²) in [6.45, 7) is 10.9. The highest BCUT2D eigenvalue weighted by atomic mass is 16.6. The molecule has 0 atom stereocenters. The molecule has 0 saturated heterocycles. The first-order chi connectivity index (χ1) is 9.56. The summed E-state index contributed by atoms with van der Waals surface area (Å²) in [6, 6.07) is 0. The van der Waals surface area contributed by atoms with Crippen LogP contribution in [0.2, 0.25) is 0 Å². The van der Waals surface area contributed by atoms with Gasteiger partial charge in [0, 0.05) is 0 Å². The normalized spacial score (nSPS) is 12.0. The molecule has 0 aromatic heterocycles. The fraction of sp³-hybridized carbons (Fsp3) is 1.00. The van der Waals surface area contributed by atoms with Gasteiger partial charge in [-0.25, -0.2) is 0 Å². The van der Waals surface area contributed by atoms with E-state index in [2.05, 4.69) is 0 Å². The van der Waals surface area contributed by atoms with E-state index in [1.807, 2.05) is 20.8 Å². The van der Waals surface area contributed by atoms with Gasteiger partial charge in [-0.05, 0) is 20.8 Å².